The van der Waals surface area contributed by atoms with Crippen LogP contribution < -0.4 is 10.9 Å². The summed E-state index contributed by atoms with van der Waals surface area (Å²) in [6.07, 6.45) is 3.21. The number of thioether (sulfide) groups is 1. The molecule has 2 atom stereocenters. The molecule has 26 heavy (non-hydrogen) atoms. The second-order valence-electron chi connectivity index (χ2n) is 6.71. The van der Waals surface area contributed by atoms with Crippen LogP contribution in [0.3, 0.4) is 0 Å². The van der Waals surface area contributed by atoms with E-state index in [2.05, 4.69) is 24.1 Å². The second kappa shape index (κ2) is 7.04. The number of rotatable bonds is 4. The molecule has 0 spiro atoms. The third kappa shape index (κ3) is 3.03. The molecule has 0 saturated heterocycles. The van der Waals surface area contributed by atoms with Crippen LogP contribution in [0, 0.1) is 0 Å². The molecule has 2 aromatic heterocycles. The van der Waals surface area contributed by atoms with Gasteiger partial charge in [0, 0.05) is 27.8 Å². The van der Waals surface area contributed by atoms with E-state index in [4.69, 9.17) is 4.98 Å². The van der Waals surface area contributed by atoms with E-state index in [0.29, 0.717) is 28.2 Å². The third-order valence-electron chi connectivity index (χ3n) is 4.95. The van der Waals surface area contributed by atoms with Crippen LogP contribution in [0.5, 0.6) is 0 Å². The Morgan fingerprint density at radius 1 is 1.38 bits per heavy atom. The summed E-state index contributed by atoms with van der Waals surface area (Å²) in [5.41, 5.74) is 2.09. The zero-order chi connectivity index (χ0) is 18.3. The van der Waals surface area contributed by atoms with Gasteiger partial charge in [-0.15, -0.1) is 11.3 Å². The number of allylic oxidation sites excluding steroid dienone is 2. The summed E-state index contributed by atoms with van der Waals surface area (Å²) in [6, 6.07) is 3.96. The molecule has 0 unspecified atom stereocenters. The molecule has 0 saturated carbocycles. The van der Waals surface area contributed by atoms with Crippen molar-refractivity contribution in [2.24, 2.45) is 0 Å². The predicted molar refractivity (Wildman–Crippen MR) is 106 cm³/mol. The first-order chi connectivity index (χ1) is 12.6. The number of carbonyl (C=O) groups is 1. The normalized spacial score (nSPS) is 20.4. The van der Waals surface area contributed by atoms with Gasteiger partial charge in [0.2, 0.25) is 0 Å². The highest BCUT2D eigenvalue weighted by molar-refractivity contribution is 7.99. The smallest absolute Gasteiger partial charge is 0.257 e. The van der Waals surface area contributed by atoms with Gasteiger partial charge in [0.25, 0.3) is 5.56 Å². The van der Waals surface area contributed by atoms with Gasteiger partial charge in [-0.2, -0.15) is 0 Å². The van der Waals surface area contributed by atoms with Crippen LogP contribution in [0.4, 0.5) is 5.82 Å². The fourth-order valence-corrected chi connectivity index (χ4v) is 5.20. The molecule has 5 nitrogen and oxygen atoms in total. The number of aromatic amines is 1. The molecule has 0 amide bonds. The number of Topliss-reactive ketones (excluding diaryl/α,β-unsaturated/α-hetero) is 1. The van der Waals surface area contributed by atoms with Crippen molar-refractivity contribution in [1.29, 1.82) is 0 Å². The van der Waals surface area contributed by atoms with Gasteiger partial charge < -0.3 is 10.3 Å². The predicted octanol–water partition coefficient (Wildman–Crippen LogP) is 4.29. The summed E-state index contributed by atoms with van der Waals surface area (Å²) in [4.78, 5) is 34.3. The van der Waals surface area contributed by atoms with Crippen LogP contribution in [-0.4, -0.2) is 21.0 Å². The third-order valence-corrected chi connectivity index (χ3v) is 7.04. The fraction of sp³-hybridized carbons (Fsp3) is 0.421. The van der Waals surface area contributed by atoms with Crippen molar-refractivity contribution in [3.05, 3.63) is 49.6 Å². The molecule has 2 aromatic rings. The molecule has 2 N–H and O–H groups in total. The maximum atomic E-state index is 13.0. The van der Waals surface area contributed by atoms with E-state index >= 15 is 0 Å². The molecule has 7 heteroatoms. The van der Waals surface area contributed by atoms with Gasteiger partial charge in [0.1, 0.15) is 5.82 Å². The van der Waals surface area contributed by atoms with Crippen molar-refractivity contribution in [3.63, 3.8) is 0 Å². The number of carbonyl (C=O) groups excluding carboxylic acids is 1. The first-order valence-corrected chi connectivity index (χ1v) is 10.7. The van der Waals surface area contributed by atoms with Crippen LogP contribution >= 0.6 is 23.1 Å². The molecule has 4 rings (SSSR count). The minimum atomic E-state index is -0.312. The maximum Gasteiger partial charge on any atom is 0.257 e. The second-order valence-corrected chi connectivity index (χ2v) is 9.12. The van der Waals surface area contributed by atoms with Gasteiger partial charge in [-0.3, -0.25) is 9.59 Å². The summed E-state index contributed by atoms with van der Waals surface area (Å²) in [5.74, 6) is 0.430. The van der Waals surface area contributed by atoms with E-state index in [1.807, 2.05) is 17.5 Å². The molecule has 136 valence electrons. The van der Waals surface area contributed by atoms with Gasteiger partial charge >= 0.3 is 0 Å². The molecule has 2 aliphatic rings. The Labute approximate surface area is 160 Å². The number of nitrogens with one attached hydrogen (secondary N) is 2. The minimum Gasteiger partial charge on any atom is -0.343 e. The lowest BCUT2D eigenvalue weighted by Gasteiger charge is -2.32. The molecule has 1 aliphatic heterocycles. The Balaban J connectivity index is 1.87. The van der Waals surface area contributed by atoms with Gasteiger partial charge in [0.15, 0.2) is 10.9 Å². The molecule has 0 fully saturated rings. The molecule has 0 radical (unpaired) electrons. The summed E-state index contributed by atoms with van der Waals surface area (Å²) in [7, 11) is 0. The van der Waals surface area contributed by atoms with Crippen molar-refractivity contribution >= 4 is 34.7 Å². The highest BCUT2D eigenvalue weighted by Gasteiger charge is 2.38. The number of thiophene rings is 1. The molecular weight excluding hydrogens is 366 g/mol. The van der Waals surface area contributed by atoms with Crippen molar-refractivity contribution < 1.29 is 4.79 Å². The van der Waals surface area contributed by atoms with E-state index in [9.17, 15) is 9.59 Å². The Kier molecular flexibility index (Phi) is 4.75. The average Bonchev–Trinajstić information content (AvgIpc) is 3.14. The zero-order valence-electron chi connectivity index (χ0n) is 14.8. The number of anilines is 1. The van der Waals surface area contributed by atoms with Gasteiger partial charge in [-0.25, -0.2) is 4.98 Å². The van der Waals surface area contributed by atoms with E-state index in [1.54, 1.807) is 23.1 Å². The number of hydrogen-bond donors (Lipinski definition) is 2. The highest BCUT2D eigenvalue weighted by Crippen LogP contribution is 2.44. The molecule has 1 aliphatic carbocycles. The first-order valence-electron chi connectivity index (χ1n) is 8.96. The summed E-state index contributed by atoms with van der Waals surface area (Å²) in [5, 5.41) is 6.30. The lowest BCUT2D eigenvalue weighted by atomic mass is 9.79. The van der Waals surface area contributed by atoms with E-state index in [1.165, 1.54) is 0 Å². The SMILES string of the molecule is CC[C@H](C)Sc1nc2c(c(=O)[nH]1)[C@H](c1cccs1)C1=C(CCCC1=O)N2. The van der Waals surface area contributed by atoms with E-state index < -0.39 is 0 Å². The topological polar surface area (TPSA) is 74.8 Å². The lowest BCUT2D eigenvalue weighted by Crippen LogP contribution is -2.32. The number of fused-ring (bicyclic) bond motifs is 1. The van der Waals surface area contributed by atoms with Crippen LogP contribution in [0.15, 0.2) is 38.7 Å². The monoisotopic (exact) mass is 387 g/mol. The zero-order valence-corrected chi connectivity index (χ0v) is 16.4. The standard InChI is InChI=1S/C19H21N3O2S2/c1-3-10(2)26-19-21-17-16(18(24)22-19)15(13-8-5-9-25-13)14-11(20-17)6-4-7-12(14)23/h5,8-10,15H,3-4,6-7H2,1-2H3,(H2,20,21,22,24)/t10-,15+/m0/s1. The highest BCUT2D eigenvalue weighted by atomic mass is 32.2. The van der Waals surface area contributed by atoms with Gasteiger partial charge in [-0.05, 0) is 30.7 Å². The molecule has 0 bridgehead atoms. The van der Waals surface area contributed by atoms with Crippen molar-refractivity contribution in [3.8, 4) is 0 Å². The summed E-state index contributed by atoms with van der Waals surface area (Å²) < 4.78 is 0. The molecule has 3 heterocycles. The van der Waals surface area contributed by atoms with Gasteiger partial charge in [0.05, 0.1) is 11.5 Å². The Morgan fingerprint density at radius 3 is 2.96 bits per heavy atom. The van der Waals surface area contributed by atoms with Crippen molar-refractivity contribution in [1.82, 2.24) is 9.97 Å². The van der Waals surface area contributed by atoms with E-state index in [-0.39, 0.29) is 17.3 Å². The number of H-pyrrole nitrogens is 1. The summed E-state index contributed by atoms with van der Waals surface area (Å²) in [6.45, 7) is 4.23. The number of ketones is 1. The maximum absolute atomic E-state index is 13.0. The van der Waals surface area contributed by atoms with Crippen LogP contribution in [0.2, 0.25) is 0 Å². The molecular formula is C19H21N3O2S2. The van der Waals surface area contributed by atoms with E-state index in [0.717, 1.165) is 35.4 Å². The fourth-order valence-electron chi connectivity index (χ4n) is 3.51. The number of nitrogens with zero attached hydrogens (tertiary/aromatic N) is 1. The Bertz CT molecular complexity index is 931. The quantitative estimate of drug-likeness (QED) is 0.605. The van der Waals surface area contributed by atoms with Gasteiger partial charge in [-0.1, -0.05) is 31.7 Å². The number of aromatic nitrogens is 2. The van der Waals surface area contributed by atoms with Crippen LogP contribution in [-0.2, 0) is 4.79 Å². The average molecular weight is 388 g/mol. The minimum absolute atomic E-state index is 0.139. The largest absolute Gasteiger partial charge is 0.343 e. The van der Waals surface area contributed by atoms with Crippen LogP contribution in [0.1, 0.15) is 55.9 Å². The van der Waals surface area contributed by atoms with Crippen molar-refractivity contribution in [2.75, 3.05) is 5.32 Å². The van der Waals surface area contributed by atoms with Crippen LogP contribution in [0.25, 0.3) is 0 Å². The van der Waals surface area contributed by atoms with Crippen molar-refractivity contribution in [2.45, 2.75) is 55.9 Å². The summed E-state index contributed by atoms with van der Waals surface area (Å²) >= 11 is 3.15. The first kappa shape index (κ1) is 17.5. The Morgan fingerprint density at radius 2 is 2.23 bits per heavy atom. The number of hydrogen-bond acceptors (Lipinski definition) is 6. The Hall–Kier alpha value is -1.86. The lowest BCUT2D eigenvalue weighted by molar-refractivity contribution is -0.116. The molecule has 0 aromatic carbocycles.